The Labute approximate surface area is 174 Å². The van der Waals surface area contributed by atoms with E-state index in [1.165, 1.54) is 6.07 Å². The van der Waals surface area contributed by atoms with E-state index in [9.17, 15) is 18.0 Å². The van der Waals surface area contributed by atoms with Crippen molar-refractivity contribution >= 4 is 32.5 Å². The lowest BCUT2D eigenvalue weighted by Crippen LogP contribution is -2.21. The number of rotatable bonds is 3. The highest BCUT2D eigenvalue weighted by Crippen LogP contribution is 2.31. The highest BCUT2D eigenvalue weighted by Gasteiger charge is 2.33. The van der Waals surface area contributed by atoms with Gasteiger partial charge in [-0.15, -0.1) is 0 Å². The molecule has 30 heavy (non-hydrogen) atoms. The largest absolute Gasteiger partial charge is 0.322 e. The van der Waals surface area contributed by atoms with E-state index >= 15 is 0 Å². The average Bonchev–Trinajstić information content (AvgIpc) is 3.23. The van der Waals surface area contributed by atoms with Crippen LogP contribution in [0.4, 0.5) is 5.82 Å². The Bertz CT molecular complexity index is 1300. The van der Waals surface area contributed by atoms with Crippen molar-refractivity contribution < 1.29 is 13.2 Å². The summed E-state index contributed by atoms with van der Waals surface area (Å²) in [5.41, 5.74) is 0.917. The molecule has 1 fully saturated rings. The molecule has 1 aromatic carbocycles. The molecule has 0 bridgehead atoms. The summed E-state index contributed by atoms with van der Waals surface area (Å²) in [6.07, 6.45) is 0.449. The van der Waals surface area contributed by atoms with E-state index in [-0.39, 0.29) is 34.1 Å². The van der Waals surface area contributed by atoms with Gasteiger partial charge in [-0.1, -0.05) is 39.0 Å². The van der Waals surface area contributed by atoms with Gasteiger partial charge in [-0.05, 0) is 12.5 Å². The fourth-order valence-electron chi connectivity index (χ4n) is 3.68. The molecule has 1 aliphatic heterocycles. The van der Waals surface area contributed by atoms with Crippen molar-refractivity contribution in [3.05, 3.63) is 58.0 Å². The van der Waals surface area contributed by atoms with Gasteiger partial charge in [0.2, 0.25) is 5.56 Å². The number of amides is 1. The average molecular weight is 429 g/mol. The minimum atomic E-state index is -3.12. The maximum absolute atomic E-state index is 13.1. The summed E-state index contributed by atoms with van der Waals surface area (Å²) in [4.78, 5) is 27.9. The predicted molar refractivity (Wildman–Crippen MR) is 116 cm³/mol. The van der Waals surface area contributed by atoms with Crippen molar-refractivity contribution in [2.24, 2.45) is 0 Å². The first-order valence-electron chi connectivity index (χ1n) is 9.77. The minimum absolute atomic E-state index is 0.00489. The molecule has 0 aliphatic carbocycles. The zero-order chi connectivity index (χ0) is 21.7. The number of pyridine rings is 1. The van der Waals surface area contributed by atoms with Crippen molar-refractivity contribution in [2.75, 3.05) is 16.8 Å². The van der Waals surface area contributed by atoms with Crippen LogP contribution in [0.3, 0.4) is 0 Å². The number of anilines is 1. The quantitative estimate of drug-likeness (QED) is 0.666. The van der Waals surface area contributed by atoms with Gasteiger partial charge in [0.15, 0.2) is 9.84 Å². The number of hydrogen-bond acceptors (Lipinski definition) is 5. The lowest BCUT2D eigenvalue weighted by Gasteiger charge is -2.15. The Morgan fingerprint density at radius 2 is 1.97 bits per heavy atom. The normalized spacial score (nSPS) is 18.6. The van der Waals surface area contributed by atoms with Gasteiger partial charge in [0, 0.05) is 28.5 Å². The Hall–Kier alpha value is -2.94. The number of carbonyl (C=O) groups excluding carboxylic acids is 1. The van der Waals surface area contributed by atoms with Gasteiger partial charge in [0.05, 0.1) is 28.8 Å². The molecule has 8 nitrogen and oxygen atoms in total. The van der Waals surface area contributed by atoms with Gasteiger partial charge in [-0.3, -0.25) is 9.59 Å². The van der Waals surface area contributed by atoms with E-state index < -0.39 is 15.7 Å². The van der Waals surface area contributed by atoms with Crippen LogP contribution in [-0.2, 0) is 15.3 Å². The van der Waals surface area contributed by atoms with Gasteiger partial charge < -0.3 is 10.3 Å². The van der Waals surface area contributed by atoms with Gasteiger partial charge in [-0.2, -0.15) is 5.10 Å². The maximum atomic E-state index is 13.1. The maximum Gasteiger partial charge on any atom is 0.257 e. The van der Waals surface area contributed by atoms with Crippen LogP contribution in [0.2, 0.25) is 0 Å². The summed E-state index contributed by atoms with van der Waals surface area (Å²) < 4.78 is 25.6. The fourth-order valence-corrected chi connectivity index (χ4v) is 5.37. The number of fused-ring (bicyclic) bond motifs is 1. The van der Waals surface area contributed by atoms with Crippen molar-refractivity contribution in [3.8, 4) is 0 Å². The zero-order valence-corrected chi connectivity index (χ0v) is 17.9. The molecule has 0 radical (unpaired) electrons. The monoisotopic (exact) mass is 428 g/mol. The van der Waals surface area contributed by atoms with Crippen molar-refractivity contribution in [2.45, 2.75) is 38.6 Å². The van der Waals surface area contributed by atoms with Crippen molar-refractivity contribution in [1.82, 2.24) is 14.8 Å². The molecule has 0 spiro atoms. The zero-order valence-electron chi connectivity index (χ0n) is 17.1. The number of carbonyl (C=O) groups is 1. The van der Waals surface area contributed by atoms with Gasteiger partial charge in [-0.25, -0.2) is 13.1 Å². The second-order valence-corrected chi connectivity index (χ2v) is 10.9. The minimum Gasteiger partial charge on any atom is -0.322 e. The van der Waals surface area contributed by atoms with E-state index in [4.69, 9.17) is 0 Å². The summed E-state index contributed by atoms with van der Waals surface area (Å²) in [7, 11) is -3.12. The summed E-state index contributed by atoms with van der Waals surface area (Å²) in [5.74, 6) is 0.0833. The summed E-state index contributed by atoms with van der Waals surface area (Å²) in [5, 5.41) is 8.11. The third-order valence-electron chi connectivity index (χ3n) is 5.30. The number of aromatic amines is 1. The van der Waals surface area contributed by atoms with Crippen LogP contribution < -0.4 is 10.9 Å². The third-order valence-corrected chi connectivity index (χ3v) is 7.05. The molecule has 1 saturated heterocycles. The topological polar surface area (TPSA) is 114 Å². The molecule has 1 amide bonds. The highest BCUT2D eigenvalue weighted by molar-refractivity contribution is 7.91. The number of sulfone groups is 1. The van der Waals surface area contributed by atoms with Gasteiger partial charge >= 0.3 is 0 Å². The molecule has 4 rings (SSSR count). The molecule has 2 aromatic heterocycles. The van der Waals surface area contributed by atoms with E-state index in [1.807, 2.05) is 20.8 Å². The van der Waals surface area contributed by atoms with E-state index in [0.29, 0.717) is 23.1 Å². The molecule has 1 unspecified atom stereocenters. The molecule has 158 valence electrons. The number of H-pyrrole nitrogens is 1. The molecule has 1 atom stereocenters. The highest BCUT2D eigenvalue weighted by atomic mass is 32.2. The molecular formula is C21H24N4O4S. The second-order valence-electron chi connectivity index (χ2n) is 8.71. The number of benzene rings is 1. The van der Waals surface area contributed by atoms with Crippen LogP contribution >= 0.6 is 0 Å². The molecule has 3 heterocycles. The van der Waals surface area contributed by atoms with E-state index in [2.05, 4.69) is 15.4 Å². The first-order valence-corrected chi connectivity index (χ1v) is 11.6. The summed E-state index contributed by atoms with van der Waals surface area (Å²) >= 11 is 0. The third kappa shape index (κ3) is 3.89. The molecule has 1 aliphatic rings. The number of para-hydroxylation sites is 1. The van der Waals surface area contributed by atoms with Crippen LogP contribution in [0.1, 0.15) is 49.3 Å². The first kappa shape index (κ1) is 20.3. The van der Waals surface area contributed by atoms with Crippen LogP contribution in [0, 0.1) is 0 Å². The Kier molecular flexibility index (Phi) is 4.80. The van der Waals surface area contributed by atoms with Gasteiger partial charge in [0.1, 0.15) is 5.82 Å². The second kappa shape index (κ2) is 7.09. The smallest absolute Gasteiger partial charge is 0.257 e. The molecule has 0 saturated carbocycles. The lowest BCUT2D eigenvalue weighted by molar-refractivity contribution is 0.102. The van der Waals surface area contributed by atoms with Crippen LogP contribution in [0.25, 0.3) is 10.9 Å². The Morgan fingerprint density at radius 1 is 1.23 bits per heavy atom. The van der Waals surface area contributed by atoms with Crippen LogP contribution in [-0.4, -0.2) is 40.6 Å². The lowest BCUT2D eigenvalue weighted by atomic mass is 9.92. The van der Waals surface area contributed by atoms with Crippen LogP contribution in [0.5, 0.6) is 0 Å². The Balaban J connectivity index is 1.75. The number of nitrogens with zero attached hydrogens (tertiary/aromatic N) is 2. The number of aromatic nitrogens is 3. The Morgan fingerprint density at radius 3 is 2.63 bits per heavy atom. The standard InChI is InChI=1S/C21H24N4O4S/c1-21(2,3)17-11-18(25(24-17)13-8-9-30(28,29)12-13)23-20(27)15-10-19(26)22-16-7-5-4-6-14(15)16/h4-7,10-11,13H,8-9,12H2,1-3H3,(H,22,26)(H,23,27). The SMILES string of the molecule is CC(C)(C)c1cc(NC(=O)c2cc(=O)[nH]c3ccccc23)n(C2CCS(=O)(=O)C2)n1. The summed E-state index contributed by atoms with van der Waals surface area (Å²) in [6.45, 7) is 6.00. The number of hydrogen-bond donors (Lipinski definition) is 2. The van der Waals surface area contributed by atoms with E-state index in [0.717, 1.165) is 5.69 Å². The molecular weight excluding hydrogens is 404 g/mol. The predicted octanol–water partition coefficient (Wildman–Crippen LogP) is 2.63. The van der Waals surface area contributed by atoms with Crippen LogP contribution in [0.15, 0.2) is 41.2 Å². The van der Waals surface area contributed by atoms with Crippen molar-refractivity contribution in [3.63, 3.8) is 0 Å². The number of nitrogens with one attached hydrogen (secondary N) is 2. The summed E-state index contributed by atoms with van der Waals surface area (Å²) in [6, 6.07) is 9.78. The van der Waals surface area contributed by atoms with Crippen molar-refractivity contribution in [1.29, 1.82) is 0 Å². The molecule has 3 aromatic rings. The molecule has 9 heteroatoms. The van der Waals surface area contributed by atoms with Gasteiger partial charge in [0.25, 0.3) is 5.91 Å². The van der Waals surface area contributed by atoms with E-state index in [1.54, 1.807) is 35.0 Å². The first-order chi connectivity index (χ1) is 14.0. The molecule has 2 N–H and O–H groups in total. The fraction of sp³-hybridized carbons (Fsp3) is 0.381.